The van der Waals surface area contributed by atoms with Crippen LogP contribution in [0.5, 0.6) is 17.2 Å². The van der Waals surface area contributed by atoms with E-state index in [-0.39, 0.29) is 23.7 Å². The molecule has 0 saturated carbocycles. The number of phenols is 1. The molecule has 0 amide bonds. The number of aliphatic hydroxyl groups is 1. The smallest absolute Gasteiger partial charge is 0.179 e. The van der Waals surface area contributed by atoms with Gasteiger partial charge in [-0.15, -0.1) is 0 Å². The number of hydrogen-bond donors (Lipinski definition) is 2. The Morgan fingerprint density at radius 3 is 2.74 bits per heavy atom. The number of aromatic hydroxyl groups is 1. The summed E-state index contributed by atoms with van der Waals surface area (Å²) in [7, 11) is 0. The van der Waals surface area contributed by atoms with Gasteiger partial charge < -0.3 is 29.3 Å². The second kappa shape index (κ2) is 8.36. The van der Waals surface area contributed by atoms with Gasteiger partial charge in [-0.1, -0.05) is 6.07 Å². The fourth-order valence-corrected chi connectivity index (χ4v) is 4.06. The summed E-state index contributed by atoms with van der Waals surface area (Å²) in [6.45, 7) is 5.16. The molecule has 4 rings (SSSR count). The van der Waals surface area contributed by atoms with E-state index in [1.165, 1.54) is 12.1 Å². The first-order valence-corrected chi connectivity index (χ1v) is 10.3. The highest BCUT2D eigenvalue weighted by Gasteiger charge is 2.48. The molecule has 31 heavy (non-hydrogen) atoms. The number of nitrogens with zero attached hydrogens (tertiary/aromatic N) is 1. The molecule has 8 heteroatoms. The highest BCUT2D eigenvalue weighted by molar-refractivity contribution is 6.05. The van der Waals surface area contributed by atoms with E-state index in [2.05, 4.69) is 0 Å². The van der Waals surface area contributed by atoms with Crippen LogP contribution in [0.15, 0.2) is 30.3 Å². The summed E-state index contributed by atoms with van der Waals surface area (Å²) in [6.07, 6.45) is 0. The highest BCUT2D eigenvalue weighted by Crippen LogP contribution is 2.44. The van der Waals surface area contributed by atoms with Crippen molar-refractivity contribution in [2.24, 2.45) is 5.92 Å². The number of hydrogen-bond acceptors (Lipinski definition) is 7. The number of ether oxygens (including phenoxy) is 3. The van der Waals surface area contributed by atoms with Crippen LogP contribution in [0.3, 0.4) is 0 Å². The van der Waals surface area contributed by atoms with E-state index in [0.29, 0.717) is 37.6 Å². The van der Waals surface area contributed by atoms with Crippen molar-refractivity contribution in [3.8, 4) is 17.2 Å². The number of carbonyl (C=O) groups is 1. The monoisotopic (exact) mass is 431 g/mol. The Labute approximate surface area is 180 Å². The number of phenolic OH excluding ortho intramolecular Hbond substituents is 1. The molecular weight excluding hydrogens is 405 g/mol. The van der Waals surface area contributed by atoms with Crippen molar-refractivity contribution in [2.75, 3.05) is 44.4 Å². The van der Waals surface area contributed by atoms with Gasteiger partial charge >= 0.3 is 0 Å². The van der Waals surface area contributed by atoms with Crippen LogP contribution in [-0.4, -0.2) is 61.1 Å². The fourth-order valence-electron chi connectivity index (χ4n) is 4.06. The van der Waals surface area contributed by atoms with Crippen LogP contribution in [-0.2, 0) is 4.74 Å². The Bertz CT molecular complexity index is 990. The van der Waals surface area contributed by atoms with Crippen molar-refractivity contribution < 1.29 is 33.6 Å². The lowest BCUT2D eigenvalue weighted by Crippen LogP contribution is -2.54. The SMILES string of the molecule is Cc1c(F)cccc1OCC1(C)Oc2cc(N3CCOCC3)cc(O)c2C(=O)C1CO. The number of ketones is 1. The van der Waals surface area contributed by atoms with Gasteiger partial charge in [-0.2, -0.15) is 0 Å². The van der Waals surface area contributed by atoms with Crippen molar-refractivity contribution in [3.63, 3.8) is 0 Å². The average molecular weight is 431 g/mol. The third kappa shape index (κ3) is 3.93. The van der Waals surface area contributed by atoms with Gasteiger partial charge in [-0.3, -0.25) is 4.79 Å². The van der Waals surface area contributed by atoms with Gasteiger partial charge in [0.15, 0.2) is 11.4 Å². The van der Waals surface area contributed by atoms with Crippen LogP contribution in [0, 0.1) is 18.7 Å². The molecule has 2 atom stereocenters. The number of halogens is 1. The van der Waals surface area contributed by atoms with E-state index < -0.39 is 29.7 Å². The number of rotatable bonds is 5. The fraction of sp³-hybridized carbons (Fsp3) is 0.435. The molecule has 0 radical (unpaired) electrons. The van der Waals surface area contributed by atoms with Gasteiger partial charge in [0.05, 0.1) is 25.7 Å². The topological polar surface area (TPSA) is 88.5 Å². The maximum absolute atomic E-state index is 13.9. The minimum atomic E-state index is -1.21. The molecule has 2 aromatic carbocycles. The lowest BCUT2D eigenvalue weighted by Gasteiger charge is -2.41. The van der Waals surface area contributed by atoms with Crippen LogP contribution < -0.4 is 14.4 Å². The van der Waals surface area contributed by atoms with E-state index in [9.17, 15) is 19.4 Å². The Kier molecular flexibility index (Phi) is 5.77. The zero-order valence-corrected chi connectivity index (χ0v) is 17.6. The lowest BCUT2D eigenvalue weighted by molar-refractivity contribution is -0.0337. The largest absolute Gasteiger partial charge is 0.507 e. The minimum absolute atomic E-state index is 0.0514. The highest BCUT2D eigenvalue weighted by atomic mass is 19.1. The second-order valence-electron chi connectivity index (χ2n) is 8.10. The summed E-state index contributed by atoms with van der Waals surface area (Å²) in [6, 6.07) is 7.77. The first kappa shape index (κ1) is 21.4. The number of fused-ring (bicyclic) bond motifs is 1. The zero-order chi connectivity index (χ0) is 22.2. The minimum Gasteiger partial charge on any atom is -0.507 e. The number of benzene rings is 2. The molecule has 7 nitrogen and oxygen atoms in total. The summed E-state index contributed by atoms with van der Waals surface area (Å²) in [5.74, 6) is -1.38. The van der Waals surface area contributed by atoms with E-state index in [1.54, 1.807) is 32.0 Å². The molecule has 2 aliphatic heterocycles. The molecule has 0 spiro atoms. The van der Waals surface area contributed by atoms with Crippen molar-refractivity contribution in [1.29, 1.82) is 0 Å². The normalized spacial score (nSPS) is 23.3. The zero-order valence-electron chi connectivity index (χ0n) is 17.6. The van der Waals surface area contributed by atoms with E-state index >= 15 is 0 Å². The van der Waals surface area contributed by atoms with Gasteiger partial charge in [0.25, 0.3) is 0 Å². The third-order valence-electron chi connectivity index (χ3n) is 6.00. The van der Waals surface area contributed by atoms with Crippen LogP contribution >= 0.6 is 0 Å². The van der Waals surface area contributed by atoms with Gasteiger partial charge in [0.1, 0.15) is 35.2 Å². The first-order valence-electron chi connectivity index (χ1n) is 10.3. The molecule has 0 bridgehead atoms. The quantitative estimate of drug-likeness (QED) is 0.753. The lowest BCUT2D eigenvalue weighted by atomic mass is 9.80. The number of morpholine rings is 1. The van der Waals surface area contributed by atoms with Gasteiger partial charge in [-0.25, -0.2) is 4.39 Å². The molecule has 0 aliphatic carbocycles. The molecule has 2 heterocycles. The van der Waals surface area contributed by atoms with Crippen LogP contribution in [0.1, 0.15) is 22.8 Å². The third-order valence-corrected chi connectivity index (χ3v) is 6.00. The molecule has 1 saturated heterocycles. The van der Waals surface area contributed by atoms with Crippen LogP contribution in [0.4, 0.5) is 10.1 Å². The predicted molar refractivity (Wildman–Crippen MR) is 112 cm³/mol. The predicted octanol–water partition coefficient (Wildman–Crippen LogP) is 2.70. The summed E-state index contributed by atoms with van der Waals surface area (Å²) in [5, 5.41) is 20.5. The maximum Gasteiger partial charge on any atom is 0.179 e. The van der Waals surface area contributed by atoms with Crippen molar-refractivity contribution >= 4 is 11.5 Å². The van der Waals surface area contributed by atoms with Crippen molar-refractivity contribution in [1.82, 2.24) is 0 Å². The van der Waals surface area contributed by atoms with Crippen molar-refractivity contribution in [3.05, 3.63) is 47.3 Å². The second-order valence-corrected chi connectivity index (χ2v) is 8.10. The first-order chi connectivity index (χ1) is 14.8. The Morgan fingerprint density at radius 1 is 1.29 bits per heavy atom. The van der Waals surface area contributed by atoms with Crippen LogP contribution in [0.2, 0.25) is 0 Å². The molecule has 0 aromatic heterocycles. The summed E-state index contributed by atoms with van der Waals surface area (Å²) < 4.78 is 31.2. The molecular formula is C23H26FNO6. The van der Waals surface area contributed by atoms with E-state index in [0.717, 1.165) is 5.69 Å². The number of Topliss-reactive ketones (excluding diaryl/α,β-unsaturated/α-hetero) is 1. The van der Waals surface area contributed by atoms with Gasteiger partial charge in [0.2, 0.25) is 0 Å². The summed E-state index contributed by atoms with van der Waals surface area (Å²) in [5.41, 5.74) is -0.0934. The van der Waals surface area contributed by atoms with Gasteiger partial charge in [-0.05, 0) is 26.0 Å². The number of aliphatic hydroxyl groups excluding tert-OH is 1. The Hall–Kier alpha value is -2.84. The van der Waals surface area contributed by atoms with Crippen molar-refractivity contribution in [2.45, 2.75) is 19.4 Å². The molecule has 2 unspecified atom stereocenters. The molecule has 2 aliphatic rings. The summed E-state index contributed by atoms with van der Waals surface area (Å²) in [4.78, 5) is 15.2. The Balaban J connectivity index is 1.65. The van der Waals surface area contributed by atoms with Gasteiger partial charge in [0, 0.05) is 36.5 Å². The molecule has 1 fully saturated rings. The number of anilines is 1. The average Bonchev–Trinajstić information content (AvgIpc) is 2.75. The molecule has 2 N–H and O–H groups in total. The standard InChI is InChI=1S/C23H26FNO6/c1-14-17(24)4-3-5-19(14)30-13-23(2)16(12-26)22(28)21-18(27)10-15(11-20(21)31-23)25-6-8-29-9-7-25/h3-5,10-11,16,26-27H,6-9,12-13H2,1-2H3. The number of carbonyl (C=O) groups excluding carboxylic acids is 1. The maximum atomic E-state index is 13.9. The molecule has 166 valence electrons. The molecule has 2 aromatic rings. The summed E-state index contributed by atoms with van der Waals surface area (Å²) >= 11 is 0. The van der Waals surface area contributed by atoms with E-state index in [1.807, 2.05) is 4.90 Å². The Morgan fingerprint density at radius 2 is 2.03 bits per heavy atom. The van der Waals surface area contributed by atoms with Crippen LogP contribution in [0.25, 0.3) is 0 Å². The van der Waals surface area contributed by atoms with E-state index in [4.69, 9.17) is 14.2 Å².